The zero-order valence-electron chi connectivity index (χ0n) is 17.2. The molecule has 0 saturated heterocycles. The van der Waals surface area contributed by atoms with Crippen LogP contribution in [-0.4, -0.2) is 30.8 Å². The van der Waals surface area contributed by atoms with Crippen molar-refractivity contribution in [2.24, 2.45) is 0 Å². The van der Waals surface area contributed by atoms with Crippen molar-refractivity contribution in [2.75, 3.05) is 19.9 Å². The van der Waals surface area contributed by atoms with Gasteiger partial charge in [-0.15, -0.1) is 0 Å². The Bertz CT molecular complexity index is 1170. The van der Waals surface area contributed by atoms with Crippen molar-refractivity contribution in [2.45, 2.75) is 27.3 Å². The average Bonchev–Trinajstić information content (AvgIpc) is 3.19. The lowest BCUT2D eigenvalue weighted by Crippen LogP contribution is -2.34. The number of fused-ring (bicyclic) bond motifs is 2. The summed E-state index contributed by atoms with van der Waals surface area (Å²) in [5.41, 5.74) is 2.57. The predicted octanol–water partition coefficient (Wildman–Crippen LogP) is 3.57. The molecule has 1 aliphatic heterocycles. The van der Waals surface area contributed by atoms with Crippen LogP contribution in [0.3, 0.4) is 0 Å². The summed E-state index contributed by atoms with van der Waals surface area (Å²) in [4.78, 5) is 26.2. The molecule has 3 aromatic rings. The summed E-state index contributed by atoms with van der Waals surface area (Å²) in [6.07, 6.45) is 0. The van der Waals surface area contributed by atoms with Gasteiger partial charge in [0.2, 0.25) is 6.79 Å². The molecule has 0 N–H and O–H groups in total. The lowest BCUT2D eigenvalue weighted by Gasteiger charge is -2.21. The first-order valence-electron chi connectivity index (χ1n) is 9.79. The van der Waals surface area contributed by atoms with Gasteiger partial charge in [0.25, 0.3) is 5.91 Å². The van der Waals surface area contributed by atoms with Crippen molar-refractivity contribution in [1.29, 1.82) is 0 Å². The second kappa shape index (κ2) is 8.10. The first kappa shape index (κ1) is 19.8. The molecule has 0 bridgehead atoms. The number of carbonyl (C=O) groups is 1. The van der Waals surface area contributed by atoms with E-state index in [4.69, 9.17) is 18.6 Å². The monoisotopic (exact) mass is 409 g/mol. The van der Waals surface area contributed by atoms with E-state index in [0.29, 0.717) is 41.5 Å². The molecular weight excluding hydrogens is 386 g/mol. The van der Waals surface area contributed by atoms with Crippen molar-refractivity contribution in [3.8, 4) is 17.2 Å². The van der Waals surface area contributed by atoms with Crippen LogP contribution in [0.25, 0.3) is 11.0 Å². The van der Waals surface area contributed by atoms with Crippen LogP contribution in [0.1, 0.15) is 23.6 Å². The van der Waals surface area contributed by atoms with Crippen LogP contribution in [0, 0.1) is 13.8 Å². The minimum absolute atomic E-state index is 0.110. The Kier molecular flexibility index (Phi) is 5.35. The van der Waals surface area contributed by atoms with Gasteiger partial charge in [0, 0.05) is 30.1 Å². The Morgan fingerprint density at radius 1 is 1.10 bits per heavy atom. The average molecular weight is 409 g/mol. The van der Waals surface area contributed by atoms with E-state index in [1.54, 1.807) is 11.0 Å². The third kappa shape index (κ3) is 3.83. The standard InChI is InChI=1S/C23H23NO6/c1-4-24(11-16-5-7-19-20(10-16)29-13-28-19)21(25)12-27-18-8-6-17-14(2)9-22(26)30-23(17)15(18)3/h5-10H,4,11-13H2,1-3H3. The Balaban J connectivity index is 1.46. The number of ether oxygens (including phenoxy) is 3. The lowest BCUT2D eigenvalue weighted by atomic mass is 10.1. The van der Waals surface area contributed by atoms with Crippen molar-refractivity contribution in [3.63, 3.8) is 0 Å². The van der Waals surface area contributed by atoms with E-state index in [0.717, 1.165) is 16.5 Å². The highest BCUT2D eigenvalue weighted by Gasteiger charge is 2.18. The quantitative estimate of drug-likeness (QED) is 0.579. The molecule has 4 rings (SSSR count). The largest absolute Gasteiger partial charge is 0.483 e. The summed E-state index contributed by atoms with van der Waals surface area (Å²) in [5, 5.41) is 0.851. The molecule has 0 atom stereocenters. The highest BCUT2D eigenvalue weighted by molar-refractivity contribution is 5.85. The lowest BCUT2D eigenvalue weighted by molar-refractivity contribution is -0.133. The number of likely N-dealkylation sites (N-methyl/N-ethyl adjacent to an activating group) is 1. The van der Waals surface area contributed by atoms with E-state index in [9.17, 15) is 9.59 Å². The fourth-order valence-corrected chi connectivity index (χ4v) is 3.52. The van der Waals surface area contributed by atoms with Crippen LogP contribution in [0.2, 0.25) is 0 Å². The SMILES string of the molecule is CCN(Cc1ccc2c(c1)OCO2)C(=O)COc1ccc2c(C)cc(=O)oc2c1C. The smallest absolute Gasteiger partial charge is 0.336 e. The van der Waals surface area contributed by atoms with Gasteiger partial charge in [0.15, 0.2) is 18.1 Å². The number of nitrogens with zero attached hydrogens (tertiary/aromatic N) is 1. The van der Waals surface area contributed by atoms with Crippen LogP contribution < -0.4 is 19.8 Å². The highest BCUT2D eigenvalue weighted by atomic mass is 16.7. The van der Waals surface area contributed by atoms with E-state index < -0.39 is 5.63 Å². The number of hydrogen-bond donors (Lipinski definition) is 0. The second-order valence-electron chi connectivity index (χ2n) is 7.20. The van der Waals surface area contributed by atoms with Gasteiger partial charge < -0.3 is 23.5 Å². The van der Waals surface area contributed by atoms with E-state index in [1.165, 1.54) is 6.07 Å². The maximum Gasteiger partial charge on any atom is 0.336 e. The van der Waals surface area contributed by atoms with Crippen molar-refractivity contribution < 1.29 is 23.4 Å². The number of amides is 1. The maximum absolute atomic E-state index is 12.7. The Morgan fingerprint density at radius 2 is 1.90 bits per heavy atom. The zero-order chi connectivity index (χ0) is 21.3. The van der Waals surface area contributed by atoms with Crippen LogP contribution in [-0.2, 0) is 11.3 Å². The van der Waals surface area contributed by atoms with E-state index in [1.807, 2.05) is 45.0 Å². The molecule has 0 saturated carbocycles. The molecule has 1 amide bonds. The van der Waals surface area contributed by atoms with Crippen molar-refractivity contribution >= 4 is 16.9 Å². The third-order valence-electron chi connectivity index (χ3n) is 5.21. The normalized spacial score (nSPS) is 12.2. The molecule has 1 aromatic heterocycles. The van der Waals surface area contributed by atoms with Gasteiger partial charge in [-0.2, -0.15) is 0 Å². The number of hydrogen-bond acceptors (Lipinski definition) is 6. The molecular formula is C23H23NO6. The second-order valence-corrected chi connectivity index (χ2v) is 7.20. The summed E-state index contributed by atoms with van der Waals surface area (Å²) >= 11 is 0. The van der Waals surface area contributed by atoms with Crippen LogP contribution in [0.15, 0.2) is 45.6 Å². The molecule has 7 heteroatoms. The highest BCUT2D eigenvalue weighted by Crippen LogP contribution is 2.33. The summed E-state index contributed by atoms with van der Waals surface area (Å²) in [5.74, 6) is 1.78. The maximum atomic E-state index is 12.7. The van der Waals surface area contributed by atoms with Crippen LogP contribution in [0.4, 0.5) is 0 Å². The first-order chi connectivity index (χ1) is 14.5. The molecule has 2 heterocycles. The summed E-state index contributed by atoms with van der Waals surface area (Å²) in [6, 6.07) is 10.7. The summed E-state index contributed by atoms with van der Waals surface area (Å²) in [7, 11) is 0. The molecule has 0 spiro atoms. The summed E-state index contributed by atoms with van der Waals surface area (Å²) in [6.45, 7) is 6.69. The molecule has 30 heavy (non-hydrogen) atoms. The topological polar surface area (TPSA) is 78.2 Å². The molecule has 0 unspecified atom stereocenters. The van der Waals surface area contributed by atoms with E-state index >= 15 is 0 Å². The molecule has 156 valence electrons. The van der Waals surface area contributed by atoms with Crippen molar-refractivity contribution in [1.82, 2.24) is 4.90 Å². The molecule has 0 fully saturated rings. The van der Waals surface area contributed by atoms with E-state index in [-0.39, 0.29) is 19.3 Å². The number of benzene rings is 2. The van der Waals surface area contributed by atoms with Gasteiger partial charge in [0.05, 0.1) is 0 Å². The molecule has 2 aromatic carbocycles. The van der Waals surface area contributed by atoms with Gasteiger partial charge in [-0.25, -0.2) is 4.79 Å². The van der Waals surface area contributed by atoms with Gasteiger partial charge in [-0.1, -0.05) is 6.07 Å². The molecule has 0 aliphatic carbocycles. The zero-order valence-corrected chi connectivity index (χ0v) is 17.2. The fourth-order valence-electron chi connectivity index (χ4n) is 3.52. The molecule has 0 radical (unpaired) electrons. The third-order valence-corrected chi connectivity index (χ3v) is 5.21. The minimum atomic E-state index is -0.405. The van der Waals surface area contributed by atoms with E-state index in [2.05, 4.69) is 0 Å². The number of aryl methyl sites for hydroxylation is 2. The Hall–Kier alpha value is -3.48. The minimum Gasteiger partial charge on any atom is -0.483 e. The molecule has 1 aliphatic rings. The van der Waals surface area contributed by atoms with Gasteiger partial charge in [0.1, 0.15) is 11.3 Å². The predicted molar refractivity (Wildman–Crippen MR) is 111 cm³/mol. The summed E-state index contributed by atoms with van der Waals surface area (Å²) < 4.78 is 21.9. The van der Waals surface area contributed by atoms with Gasteiger partial charge >= 0.3 is 5.63 Å². The van der Waals surface area contributed by atoms with Gasteiger partial charge in [-0.05, 0) is 56.2 Å². The molecule has 7 nitrogen and oxygen atoms in total. The number of carbonyl (C=O) groups excluding carboxylic acids is 1. The fraction of sp³-hybridized carbons (Fsp3) is 0.304. The van der Waals surface area contributed by atoms with Gasteiger partial charge in [-0.3, -0.25) is 4.79 Å². The van der Waals surface area contributed by atoms with Crippen LogP contribution >= 0.6 is 0 Å². The first-order valence-corrected chi connectivity index (χ1v) is 9.79. The Morgan fingerprint density at radius 3 is 2.70 bits per heavy atom. The van der Waals surface area contributed by atoms with Crippen molar-refractivity contribution in [3.05, 3.63) is 63.5 Å². The van der Waals surface area contributed by atoms with Crippen LogP contribution in [0.5, 0.6) is 17.2 Å². The number of rotatable bonds is 6. The Labute approximate surface area is 173 Å².